The molecular formula is C27H46O2. The lowest BCUT2D eigenvalue weighted by molar-refractivity contribution is -0.0579. The summed E-state index contributed by atoms with van der Waals surface area (Å²) in [5.74, 6) is 4.51. The highest BCUT2D eigenvalue weighted by Gasteiger charge is 2.59. The monoisotopic (exact) mass is 402 g/mol. The van der Waals surface area contributed by atoms with E-state index in [1.54, 1.807) is 5.57 Å². The van der Waals surface area contributed by atoms with Gasteiger partial charge in [-0.2, -0.15) is 0 Å². The van der Waals surface area contributed by atoms with Gasteiger partial charge in [-0.25, -0.2) is 0 Å². The Kier molecular flexibility index (Phi) is 6.01. The van der Waals surface area contributed by atoms with E-state index in [4.69, 9.17) is 0 Å². The van der Waals surface area contributed by atoms with Gasteiger partial charge < -0.3 is 10.2 Å². The maximum absolute atomic E-state index is 10.3. The highest BCUT2D eigenvalue weighted by molar-refractivity contribution is 5.25. The SMILES string of the molecule is CC(CC[C@H](O)C(C)C)C1CC[C@H]2[C@@H]3CC=C4CC(O)CC[C@]4(C)[C@H]3CC[C@]12C. The summed E-state index contributed by atoms with van der Waals surface area (Å²) in [6.45, 7) is 11.9. The predicted molar refractivity (Wildman–Crippen MR) is 120 cm³/mol. The third-order valence-electron chi connectivity index (χ3n) is 10.5. The van der Waals surface area contributed by atoms with Gasteiger partial charge in [0.05, 0.1) is 12.2 Å². The molecule has 29 heavy (non-hydrogen) atoms. The Bertz CT molecular complexity index is 624. The van der Waals surface area contributed by atoms with Crippen LogP contribution in [0.25, 0.3) is 0 Å². The van der Waals surface area contributed by atoms with Crippen LogP contribution in [-0.4, -0.2) is 22.4 Å². The standard InChI is InChI=1S/C27H46O2/c1-17(2)25(29)11-6-18(3)22-9-10-23-21-8-7-19-16-20(28)12-14-26(19,4)24(21)13-15-27(22,23)5/h7,17-18,20-25,28-29H,6,8-16H2,1-5H3/t18?,20?,21-,22?,23-,24-,25-,26-,27+/m0/s1. The number of aliphatic hydroxyl groups excluding tert-OH is 2. The van der Waals surface area contributed by atoms with Crippen LogP contribution < -0.4 is 0 Å². The first-order chi connectivity index (χ1) is 13.7. The lowest BCUT2D eigenvalue weighted by Gasteiger charge is -2.58. The fourth-order valence-electron chi connectivity index (χ4n) is 8.59. The number of allylic oxidation sites excluding steroid dienone is 1. The number of rotatable bonds is 5. The fraction of sp³-hybridized carbons (Fsp3) is 0.926. The van der Waals surface area contributed by atoms with Crippen molar-refractivity contribution >= 4 is 0 Å². The molecule has 166 valence electrons. The smallest absolute Gasteiger partial charge is 0.0577 e. The van der Waals surface area contributed by atoms with Crippen molar-refractivity contribution in [2.75, 3.05) is 0 Å². The summed E-state index contributed by atoms with van der Waals surface area (Å²) in [4.78, 5) is 0. The van der Waals surface area contributed by atoms with Crippen molar-refractivity contribution < 1.29 is 10.2 Å². The van der Waals surface area contributed by atoms with Gasteiger partial charge in [0, 0.05) is 0 Å². The average Bonchev–Trinajstić information content (AvgIpc) is 3.03. The van der Waals surface area contributed by atoms with Gasteiger partial charge in [-0.3, -0.25) is 0 Å². The first kappa shape index (κ1) is 21.9. The molecule has 2 heteroatoms. The van der Waals surface area contributed by atoms with Gasteiger partial charge >= 0.3 is 0 Å². The molecule has 3 unspecified atom stereocenters. The molecule has 3 saturated carbocycles. The van der Waals surface area contributed by atoms with Crippen molar-refractivity contribution in [2.45, 2.75) is 111 Å². The first-order valence-electron chi connectivity index (χ1n) is 12.7. The molecule has 0 radical (unpaired) electrons. The van der Waals surface area contributed by atoms with E-state index < -0.39 is 0 Å². The van der Waals surface area contributed by atoms with E-state index in [1.165, 1.54) is 44.9 Å². The second-order valence-corrected chi connectivity index (χ2v) is 12.3. The zero-order valence-corrected chi connectivity index (χ0v) is 19.7. The second-order valence-electron chi connectivity index (χ2n) is 12.3. The van der Waals surface area contributed by atoms with Crippen LogP contribution in [0.4, 0.5) is 0 Å². The number of hydrogen-bond acceptors (Lipinski definition) is 2. The van der Waals surface area contributed by atoms with Gasteiger partial charge in [-0.05, 0) is 111 Å². The number of hydrogen-bond donors (Lipinski definition) is 2. The minimum absolute atomic E-state index is 0.0994. The Morgan fingerprint density at radius 1 is 1.00 bits per heavy atom. The fourth-order valence-corrected chi connectivity index (χ4v) is 8.59. The molecule has 0 aromatic heterocycles. The van der Waals surface area contributed by atoms with Crippen LogP contribution in [0.1, 0.15) is 98.8 Å². The summed E-state index contributed by atoms with van der Waals surface area (Å²) in [7, 11) is 0. The summed E-state index contributed by atoms with van der Waals surface area (Å²) in [6.07, 6.45) is 14.4. The van der Waals surface area contributed by atoms with Crippen molar-refractivity contribution in [1.29, 1.82) is 0 Å². The Morgan fingerprint density at radius 2 is 1.76 bits per heavy atom. The molecule has 0 amide bonds. The quantitative estimate of drug-likeness (QED) is 0.525. The van der Waals surface area contributed by atoms with Crippen LogP contribution in [0.5, 0.6) is 0 Å². The highest BCUT2D eigenvalue weighted by atomic mass is 16.3. The van der Waals surface area contributed by atoms with E-state index in [0.29, 0.717) is 16.7 Å². The van der Waals surface area contributed by atoms with E-state index in [0.717, 1.165) is 48.9 Å². The van der Waals surface area contributed by atoms with Crippen molar-refractivity contribution in [3.63, 3.8) is 0 Å². The third kappa shape index (κ3) is 3.65. The topological polar surface area (TPSA) is 40.5 Å². The zero-order valence-electron chi connectivity index (χ0n) is 19.7. The number of aliphatic hydroxyl groups is 2. The van der Waals surface area contributed by atoms with Crippen LogP contribution >= 0.6 is 0 Å². The highest BCUT2D eigenvalue weighted by Crippen LogP contribution is 2.67. The van der Waals surface area contributed by atoms with Gasteiger partial charge in [-0.1, -0.05) is 46.3 Å². The Morgan fingerprint density at radius 3 is 2.48 bits per heavy atom. The van der Waals surface area contributed by atoms with Gasteiger partial charge in [0.2, 0.25) is 0 Å². The molecule has 2 nitrogen and oxygen atoms in total. The molecule has 0 aromatic carbocycles. The predicted octanol–water partition coefficient (Wildman–Crippen LogP) is 6.36. The Labute approximate surface area is 179 Å². The van der Waals surface area contributed by atoms with Crippen LogP contribution in [0.3, 0.4) is 0 Å². The normalized spacial score (nSPS) is 46.5. The maximum Gasteiger partial charge on any atom is 0.0577 e. The summed E-state index contributed by atoms with van der Waals surface area (Å²) in [5, 5.41) is 20.5. The van der Waals surface area contributed by atoms with E-state index in [-0.39, 0.29) is 12.2 Å². The molecule has 0 heterocycles. The van der Waals surface area contributed by atoms with Gasteiger partial charge in [-0.15, -0.1) is 0 Å². The van der Waals surface area contributed by atoms with Crippen LogP contribution in [0.15, 0.2) is 11.6 Å². The third-order valence-corrected chi connectivity index (χ3v) is 10.5. The minimum Gasteiger partial charge on any atom is -0.393 e. The van der Waals surface area contributed by atoms with Crippen molar-refractivity contribution in [3.8, 4) is 0 Å². The zero-order chi connectivity index (χ0) is 21.0. The van der Waals surface area contributed by atoms with E-state index in [9.17, 15) is 10.2 Å². The molecule has 4 rings (SSSR count). The van der Waals surface area contributed by atoms with Gasteiger partial charge in [0.1, 0.15) is 0 Å². The second kappa shape index (κ2) is 7.97. The molecular weight excluding hydrogens is 356 g/mol. The summed E-state index contributed by atoms with van der Waals surface area (Å²) >= 11 is 0. The Hall–Kier alpha value is -0.340. The van der Waals surface area contributed by atoms with Crippen molar-refractivity contribution in [2.24, 2.45) is 46.3 Å². The molecule has 0 spiro atoms. The lowest BCUT2D eigenvalue weighted by atomic mass is 9.47. The molecule has 2 N–H and O–H groups in total. The molecule has 0 aliphatic heterocycles. The van der Waals surface area contributed by atoms with Crippen LogP contribution in [0.2, 0.25) is 0 Å². The summed E-state index contributed by atoms with van der Waals surface area (Å²) < 4.78 is 0. The van der Waals surface area contributed by atoms with Crippen molar-refractivity contribution in [3.05, 3.63) is 11.6 Å². The molecule has 9 atom stereocenters. The maximum atomic E-state index is 10.3. The Balaban J connectivity index is 1.49. The number of fused-ring (bicyclic) bond motifs is 5. The largest absolute Gasteiger partial charge is 0.393 e. The lowest BCUT2D eigenvalue weighted by Crippen LogP contribution is -2.50. The minimum atomic E-state index is -0.137. The van der Waals surface area contributed by atoms with Crippen LogP contribution in [-0.2, 0) is 0 Å². The first-order valence-corrected chi connectivity index (χ1v) is 12.7. The average molecular weight is 403 g/mol. The molecule has 0 saturated heterocycles. The molecule has 0 aromatic rings. The van der Waals surface area contributed by atoms with E-state index in [2.05, 4.69) is 40.7 Å². The van der Waals surface area contributed by atoms with Crippen molar-refractivity contribution in [1.82, 2.24) is 0 Å². The summed E-state index contributed by atoms with van der Waals surface area (Å²) in [5.41, 5.74) is 2.44. The summed E-state index contributed by atoms with van der Waals surface area (Å²) in [6, 6.07) is 0. The van der Waals surface area contributed by atoms with Crippen LogP contribution in [0, 0.1) is 46.3 Å². The van der Waals surface area contributed by atoms with Gasteiger partial charge in [0.25, 0.3) is 0 Å². The van der Waals surface area contributed by atoms with Gasteiger partial charge in [0.15, 0.2) is 0 Å². The molecule has 4 aliphatic rings. The molecule has 0 bridgehead atoms. The van der Waals surface area contributed by atoms with E-state index in [1.807, 2.05) is 0 Å². The van der Waals surface area contributed by atoms with E-state index >= 15 is 0 Å². The molecule has 3 fully saturated rings. The molecule has 4 aliphatic carbocycles.